The van der Waals surface area contributed by atoms with Crippen LogP contribution in [0.4, 0.5) is 17.1 Å². The van der Waals surface area contributed by atoms with Gasteiger partial charge in [-0.3, -0.25) is 0 Å². The van der Waals surface area contributed by atoms with Crippen LogP contribution in [0.1, 0.15) is 0 Å². The van der Waals surface area contributed by atoms with Crippen LogP contribution in [-0.2, 0) is 0 Å². The summed E-state index contributed by atoms with van der Waals surface area (Å²) in [5.74, 6) is 0. The van der Waals surface area contributed by atoms with E-state index in [4.69, 9.17) is 4.42 Å². The molecule has 3 nitrogen and oxygen atoms in total. The van der Waals surface area contributed by atoms with Crippen LogP contribution < -0.4 is 4.90 Å². The third kappa shape index (κ3) is 6.46. The SMILES string of the molecule is c1ccc(N(c2ccccc2)c2ccc(-c3ccc(-c4cc(-c5ccc6c(c5)c5ccccc5n6-c5ccccc5)cc(-c5cccc6c5oc5ccccc56)c4)cc3)cc2)cc1. The molecule has 0 saturated heterocycles. The van der Waals surface area contributed by atoms with Crippen molar-refractivity contribution in [3.8, 4) is 50.2 Å². The van der Waals surface area contributed by atoms with Crippen molar-refractivity contribution in [2.24, 2.45) is 0 Å². The Labute approximate surface area is 366 Å². The molecule has 0 bridgehead atoms. The summed E-state index contributed by atoms with van der Waals surface area (Å²) in [5, 5.41) is 4.71. The standard InChI is InChI=1S/C60H40N2O/c1-4-15-48(16-5-1)61(49-17-6-2-7-18-49)51-34-31-42(32-35-51)41-27-29-43(30-28-41)45-37-46(39-47(38-45)52-23-14-24-55-54-22-11-13-26-59(54)63-60(52)55)44-33-36-58-56(40-44)53-21-10-12-25-57(53)62(58)50-19-8-3-9-20-50/h1-40H. The highest BCUT2D eigenvalue weighted by Crippen LogP contribution is 2.42. The average molecular weight is 805 g/mol. The zero-order valence-corrected chi connectivity index (χ0v) is 34.4. The highest BCUT2D eigenvalue weighted by atomic mass is 16.3. The van der Waals surface area contributed by atoms with E-state index in [-0.39, 0.29) is 0 Å². The van der Waals surface area contributed by atoms with Gasteiger partial charge in [0.25, 0.3) is 0 Å². The van der Waals surface area contributed by atoms with Gasteiger partial charge in [-0.25, -0.2) is 0 Å². The second kappa shape index (κ2) is 15.3. The first kappa shape index (κ1) is 36.5. The van der Waals surface area contributed by atoms with E-state index in [9.17, 15) is 0 Å². The van der Waals surface area contributed by atoms with Crippen molar-refractivity contribution >= 4 is 60.8 Å². The highest BCUT2D eigenvalue weighted by molar-refractivity contribution is 6.12. The van der Waals surface area contributed by atoms with Crippen molar-refractivity contribution in [1.82, 2.24) is 4.57 Å². The van der Waals surface area contributed by atoms with Crippen LogP contribution in [0.3, 0.4) is 0 Å². The van der Waals surface area contributed by atoms with Gasteiger partial charge in [0.05, 0.1) is 11.0 Å². The first-order valence-electron chi connectivity index (χ1n) is 21.5. The molecule has 12 aromatic rings. The maximum absolute atomic E-state index is 6.61. The van der Waals surface area contributed by atoms with E-state index in [0.717, 1.165) is 78.1 Å². The van der Waals surface area contributed by atoms with Gasteiger partial charge in [0.15, 0.2) is 0 Å². The summed E-state index contributed by atoms with van der Waals surface area (Å²) in [7, 11) is 0. The lowest BCUT2D eigenvalue weighted by atomic mass is 9.91. The lowest BCUT2D eigenvalue weighted by Gasteiger charge is -2.25. The molecule has 10 aromatic carbocycles. The third-order valence-electron chi connectivity index (χ3n) is 12.4. The number of para-hydroxylation sites is 6. The number of aromatic nitrogens is 1. The van der Waals surface area contributed by atoms with E-state index >= 15 is 0 Å². The van der Waals surface area contributed by atoms with Crippen LogP contribution in [0, 0.1) is 0 Å². The van der Waals surface area contributed by atoms with Crippen molar-refractivity contribution in [1.29, 1.82) is 0 Å². The number of fused-ring (bicyclic) bond motifs is 6. The molecule has 2 aromatic heterocycles. The zero-order chi connectivity index (χ0) is 41.7. The number of rotatable bonds is 8. The second-order valence-electron chi connectivity index (χ2n) is 16.1. The molecule has 0 radical (unpaired) electrons. The van der Waals surface area contributed by atoms with Crippen LogP contribution in [0.5, 0.6) is 0 Å². The van der Waals surface area contributed by atoms with E-state index in [1.165, 1.54) is 32.9 Å². The number of benzene rings is 10. The van der Waals surface area contributed by atoms with Gasteiger partial charge in [0.2, 0.25) is 0 Å². The fourth-order valence-electron chi connectivity index (χ4n) is 9.36. The summed E-state index contributed by atoms with van der Waals surface area (Å²) in [6, 6.07) is 87.0. The van der Waals surface area contributed by atoms with E-state index in [2.05, 4.69) is 246 Å². The molecule has 0 unspecified atom stereocenters. The smallest absolute Gasteiger partial charge is 0.143 e. The summed E-state index contributed by atoms with van der Waals surface area (Å²) < 4.78 is 8.98. The number of anilines is 3. The van der Waals surface area contributed by atoms with Crippen molar-refractivity contribution in [3.63, 3.8) is 0 Å². The Morgan fingerprint density at radius 1 is 0.302 bits per heavy atom. The molecule has 0 aliphatic heterocycles. The van der Waals surface area contributed by atoms with Crippen molar-refractivity contribution < 1.29 is 4.42 Å². The Bertz CT molecular complexity index is 3550. The number of hydrogen-bond donors (Lipinski definition) is 0. The number of furan rings is 1. The third-order valence-corrected chi connectivity index (χ3v) is 12.4. The molecule has 12 rings (SSSR count). The topological polar surface area (TPSA) is 21.3 Å². The Balaban J connectivity index is 0.964. The second-order valence-corrected chi connectivity index (χ2v) is 16.1. The van der Waals surface area contributed by atoms with Crippen LogP contribution in [0.15, 0.2) is 247 Å². The van der Waals surface area contributed by atoms with Crippen LogP contribution >= 0.6 is 0 Å². The first-order chi connectivity index (χ1) is 31.2. The maximum Gasteiger partial charge on any atom is 0.143 e. The first-order valence-corrected chi connectivity index (χ1v) is 21.5. The van der Waals surface area contributed by atoms with Crippen LogP contribution in [0.2, 0.25) is 0 Å². The van der Waals surface area contributed by atoms with Gasteiger partial charge >= 0.3 is 0 Å². The molecule has 2 heterocycles. The van der Waals surface area contributed by atoms with Crippen LogP contribution in [0.25, 0.3) is 93.9 Å². The summed E-state index contributed by atoms with van der Waals surface area (Å²) in [4.78, 5) is 2.29. The van der Waals surface area contributed by atoms with E-state index < -0.39 is 0 Å². The predicted octanol–water partition coefficient (Wildman–Crippen LogP) is 16.8. The fourth-order valence-corrected chi connectivity index (χ4v) is 9.36. The van der Waals surface area contributed by atoms with E-state index in [1.54, 1.807) is 0 Å². The van der Waals surface area contributed by atoms with Gasteiger partial charge in [0.1, 0.15) is 11.2 Å². The molecule has 0 saturated carbocycles. The Morgan fingerprint density at radius 2 is 0.794 bits per heavy atom. The highest BCUT2D eigenvalue weighted by Gasteiger charge is 2.18. The van der Waals surface area contributed by atoms with Gasteiger partial charge < -0.3 is 13.9 Å². The molecule has 296 valence electrons. The quantitative estimate of drug-likeness (QED) is 0.153. The Morgan fingerprint density at radius 3 is 1.49 bits per heavy atom. The molecule has 0 spiro atoms. The molecule has 3 heteroatoms. The van der Waals surface area contributed by atoms with E-state index in [1.807, 2.05) is 6.07 Å². The lowest BCUT2D eigenvalue weighted by molar-refractivity contribution is 0.670. The average Bonchev–Trinajstić information content (AvgIpc) is 3.91. The molecular formula is C60H40N2O. The fraction of sp³-hybridized carbons (Fsp3) is 0. The summed E-state index contributed by atoms with van der Waals surface area (Å²) in [5.41, 5.74) is 17.8. The minimum atomic E-state index is 0.896. The molecule has 0 N–H and O–H groups in total. The van der Waals surface area contributed by atoms with Gasteiger partial charge in [0, 0.05) is 49.9 Å². The zero-order valence-electron chi connectivity index (χ0n) is 34.4. The molecule has 0 aliphatic rings. The summed E-state index contributed by atoms with van der Waals surface area (Å²) in [6.07, 6.45) is 0. The molecule has 63 heavy (non-hydrogen) atoms. The number of hydrogen-bond acceptors (Lipinski definition) is 2. The Hall–Kier alpha value is -8.40. The summed E-state index contributed by atoms with van der Waals surface area (Å²) >= 11 is 0. The molecule has 0 fully saturated rings. The predicted molar refractivity (Wildman–Crippen MR) is 264 cm³/mol. The van der Waals surface area contributed by atoms with Crippen molar-refractivity contribution in [2.45, 2.75) is 0 Å². The molecule has 0 amide bonds. The normalized spacial score (nSPS) is 11.5. The van der Waals surface area contributed by atoms with Crippen molar-refractivity contribution in [2.75, 3.05) is 4.90 Å². The number of nitrogens with zero attached hydrogens (tertiary/aromatic N) is 2. The van der Waals surface area contributed by atoms with Gasteiger partial charge in [-0.1, -0.05) is 152 Å². The maximum atomic E-state index is 6.61. The van der Waals surface area contributed by atoms with Gasteiger partial charge in [-0.05, 0) is 130 Å². The monoisotopic (exact) mass is 804 g/mol. The van der Waals surface area contributed by atoms with Gasteiger partial charge in [-0.15, -0.1) is 0 Å². The molecule has 0 aliphatic carbocycles. The van der Waals surface area contributed by atoms with E-state index in [0.29, 0.717) is 0 Å². The largest absolute Gasteiger partial charge is 0.455 e. The lowest BCUT2D eigenvalue weighted by Crippen LogP contribution is -2.09. The Kier molecular flexibility index (Phi) is 8.83. The molecular weight excluding hydrogens is 765 g/mol. The van der Waals surface area contributed by atoms with Gasteiger partial charge in [-0.2, -0.15) is 0 Å². The minimum Gasteiger partial charge on any atom is -0.455 e. The van der Waals surface area contributed by atoms with Crippen LogP contribution in [-0.4, -0.2) is 4.57 Å². The minimum absolute atomic E-state index is 0.896. The summed E-state index contributed by atoms with van der Waals surface area (Å²) in [6.45, 7) is 0. The molecule has 0 atom stereocenters. The van der Waals surface area contributed by atoms with Crippen molar-refractivity contribution in [3.05, 3.63) is 243 Å².